The maximum absolute atomic E-state index is 17.2. The molecule has 3 N–H and O–H groups in total. The van der Waals surface area contributed by atoms with Crippen LogP contribution in [0.3, 0.4) is 0 Å². The summed E-state index contributed by atoms with van der Waals surface area (Å²) in [5.41, 5.74) is 0.661. The van der Waals surface area contributed by atoms with Gasteiger partial charge in [0.15, 0.2) is 17.4 Å². The summed E-state index contributed by atoms with van der Waals surface area (Å²) in [5.74, 6) is -1.56. The second kappa shape index (κ2) is 13.1. The molecule has 49 heavy (non-hydrogen) atoms. The average Bonchev–Trinajstić information content (AvgIpc) is 3.38. The Hall–Kier alpha value is -3.87. The fourth-order valence-corrected chi connectivity index (χ4v) is 8.60. The van der Waals surface area contributed by atoms with Gasteiger partial charge in [-0.2, -0.15) is 9.97 Å². The zero-order valence-corrected chi connectivity index (χ0v) is 27.8. The smallest absolute Gasteiger partial charge is 0.319 e. The molecule has 12 heteroatoms. The molecule has 6 atom stereocenters. The number of benzene rings is 3. The van der Waals surface area contributed by atoms with E-state index in [4.69, 9.17) is 19.2 Å². The number of alkyl halides is 1. The van der Waals surface area contributed by atoms with E-state index in [1.807, 2.05) is 25.1 Å². The summed E-state index contributed by atoms with van der Waals surface area (Å²) < 4.78 is 66.9. The molecule has 4 aliphatic rings. The van der Waals surface area contributed by atoms with Crippen molar-refractivity contribution in [3.05, 3.63) is 47.5 Å². The van der Waals surface area contributed by atoms with E-state index in [0.717, 1.165) is 18.4 Å². The van der Waals surface area contributed by atoms with Gasteiger partial charge in [0, 0.05) is 38.8 Å². The van der Waals surface area contributed by atoms with Gasteiger partial charge in [0.1, 0.15) is 29.9 Å². The number of fused-ring (bicyclic) bond motifs is 6. The summed E-state index contributed by atoms with van der Waals surface area (Å²) in [6.07, 6.45) is 2.47. The molecule has 0 radical (unpaired) electrons. The zero-order chi connectivity index (χ0) is 33.8. The Kier molecular flexibility index (Phi) is 8.65. The van der Waals surface area contributed by atoms with E-state index in [2.05, 4.69) is 20.5 Å². The van der Waals surface area contributed by atoms with Crippen LogP contribution in [0.15, 0.2) is 30.3 Å². The molecule has 3 unspecified atom stereocenters. The molecule has 2 bridgehead atoms. The minimum atomic E-state index is -1.04. The van der Waals surface area contributed by atoms with Crippen molar-refractivity contribution in [1.29, 1.82) is 0 Å². The number of ether oxygens (including phenoxy) is 3. The first-order valence-electron chi connectivity index (χ1n) is 17.4. The third-order valence-corrected chi connectivity index (χ3v) is 10.8. The summed E-state index contributed by atoms with van der Waals surface area (Å²) in [7, 11) is 1.65. The number of nitrogens with zero attached hydrogens (tertiary/aromatic N) is 3. The standard InChI is InChI=1S/C37H42F3N5O4/c1-3-21-5-4-6-22-11-25(46)12-26(29(21)22)30-32(39)34-31-35(33(30)40)48-18-28-27-8-7-24(42-27)15-45(28)36(31)44-37(43-34)49-17-19-9-20(16-47-2)13-41-14-23(38)10-19/h4-6,11-12,19-20,23-24,27-28,41-42,46H,3,7-10,13-18H2,1-2H3/t19-,20-,23+,24?,27?,28?/m0/s1. The number of phenolic OH excluding ortho intramolecular Hbond substituents is 1. The lowest BCUT2D eigenvalue weighted by atomic mass is 9.89. The van der Waals surface area contributed by atoms with Gasteiger partial charge in [-0.05, 0) is 78.0 Å². The van der Waals surface area contributed by atoms with Crippen molar-refractivity contribution in [2.45, 2.75) is 63.3 Å². The van der Waals surface area contributed by atoms with Crippen LogP contribution < -0.4 is 25.0 Å². The van der Waals surface area contributed by atoms with Crippen molar-refractivity contribution < 1.29 is 32.5 Å². The number of methoxy groups -OCH3 is 1. The Labute approximate surface area is 283 Å². The Morgan fingerprint density at radius 3 is 2.76 bits per heavy atom. The third-order valence-electron chi connectivity index (χ3n) is 10.8. The van der Waals surface area contributed by atoms with Crippen molar-refractivity contribution in [3.63, 3.8) is 0 Å². The number of halogens is 3. The molecule has 8 rings (SSSR count). The quantitative estimate of drug-likeness (QED) is 0.228. The van der Waals surface area contributed by atoms with E-state index in [1.54, 1.807) is 13.2 Å². The number of hydrogen-bond donors (Lipinski definition) is 3. The monoisotopic (exact) mass is 677 g/mol. The number of rotatable bonds is 7. The largest absolute Gasteiger partial charge is 0.508 e. The first-order valence-corrected chi connectivity index (χ1v) is 17.4. The fraction of sp³-hybridized carbons (Fsp3) is 0.514. The first kappa shape index (κ1) is 32.3. The molecule has 4 aliphatic heterocycles. The van der Waals surface area contributed by atoms with Crippen LogP contribution in [-0.2, 0) is 11.2 Å². The van der Waals surface area contributed by atoms with Crippen molar-refractivity contribution in [3.8, 4) is 28.6 Å². The lowest BCUT2D eigenvalue weighted by molar-refractivity contribution is 0.0990. The predicted molar refractivity (Wildman–Crippen MR) is 181 cm³/mol. The topological polar surface area (TPSA) is 101 Å². The molecule has 0 amide bonds. The summed E-state index contributed by atoms with van der Waals surface area (Å²) in [6.45, 7) is 4.31. The van der Waals surface area contributed by atoms with Gasteiger partial charge in [0.2, 0.25) is 0 Å². The molecule has 3 saturated heterocycles. The lowest BCUT2D eigenvalue weighted by Crippen LogP contribution is -2.60. The minimum absolute atomic E-state index is 0.0506. The summed E-state index contributed by atoms with van der Waals surface area (Å²) in [5, 5.41) is 19.0. The van der Waals surface area contributed by atoms with Crippen molar-refractivity contribution in [2.24, 2.45) is 11.8 Å². The highest BCUT2D eigenvalue weighted by Gasteiger charge is 2.44. The van der Waals surface area contributed by atoms with E-state index in [0.29, 0.717) is 55.5 Å². The molecule has 3 aromatic carbocycles. The molecule has 1 aromatic heterocycles. The van der Waals surface area contributed by atoms with Gasteiger partial charge in [0.05, 0.1) is 30.2 Å². The van der Waals surface area contributed by atoms with Gasteiger partial charge in [-0.1, -0.05) is 25.1 Å². The van der Waals surface area contributed by atoms with Gasteiger partial charge in [-0.25, -0.2) is 13.2 Å². The number of nitrogens with one attached hydrogen (secondary N) is 2. The molecule has 4 aromatic rings. The normalized spacial score (nSPS) is 26.6. The van der Waals surface area contributed by atoms with Crippen LogP contribution in [0, 0.1) is 23.5 Å². The number of piperazine rings is 1. The first-order chi connectivity index (χ1) is 23.8. The Morgan fingerprint density at radius 1 is 1.04 bits per heavy atom. The molecule has 3 fully saturated rings. The number of hydrogen-bond acceptors (Lipinski definition) is 9. The van der Waals surface area contributed by atoms with Crippen LogP contribution in [0.2, 0.25) is 0 Å². The Balaban J connectivity index is 1.28. The maximum atomic E-state index is 17.2. The molecule has 0 saturated carbocycles. The molecule has 0 spiro atoms. The second-order valence-corrected chi connectivity index (χ2v) is 14.1. The molecule has 5 heterocycles. The van der Waals surface area contributed by atoms with Crippen LogP contribution in [0.25, 0.3) is 32.8 Å². The predicted octanol–water partition coefficient (Wildman–Crippen LogP) is 5.68. The summed E-state index contributed by atoms with van der Waals surface area (Å²) in [6, 6.07) is 8.68. The maximum Gasteiger partial charge on any atom is 0.319 e. The number of aromatic nitrogens is 2. The van der Waals surface area contributed by atoms with Gasteiger partial charge in [0.25, 0.3) is 0 Å². The third kappa shape index (κ3) is 5.81. The Bertz CT molecular complexity index is 1900. The van der Waals surface area contributed by atoms with Gasteiger partial charge < -0.3 is 34.9 Å². The van der Waals surface area contributed by atoms with Crippen molar-refractivity contribution in [2.75, 3.05) is 51.5 Å². The highest BCUT2D eigenvalue weighted by molar-refractivity contribution is 6.05. The van der Waals surface area contributed by atoms with Gasteiger partial charge >= 0.3 is 6.01 Å². The number of anilines is 1. The highest BCUT2D eigenvalue weighted by atomic mass is 19.1. The van der Waals surface area contributed by atoms with Crippen LogP contribution in [0.1, 0.15) is 38.2 Å². The lowest BCUT2D eigenvalue weighted by Gasteiger charge is -2.40. The number of phenols is 1. The van der Waals surface area contributed by atoms with E-state index in [-0.39, 0.29) is 89.3 Å². The van der Waals surface area contributed by atoms with Gasteiger partial charge in [-0.15, -0.1) is 0 Å². The van der Waals surface area contributed by atoms with E-state index >= 15 is 8.78 Å². The van der Waals surface area contributed by atoms with Crippen LogP contribution in [0.4, 0.5) is 19.0 Å². The van der Waals surface area contributed by atoms with Crippen LogP contribution in [0.5, 0.6) is 17.5 Å². The molecule has 0 aliphatic carbocycles. The zero-order valence-electron chi connectivity index (χ0n) is 27.8. The minimum Gasteiger partial charge on any atom is -0.508 e. The van der Waals surface area contributed by atoms with E-state index < -0.39 is 17.8 Å². The second-order valence-electron chi connectivity index (χ2n) is 14.1. The molecular weight excluding hydrogens is 635 g/mol. The Morgan fingerprint density at radius 2 is 1.92 bits per heavy atom. The summed E-state index contributed by atoms with van der Waals surface area (Å²) >= 11 is 0. The number of aromatic hydroxyl groups is 1. The average molecular weight is 678 g/mol. The number of aryl methyl sites for hydroxylation is 1. The SMILES string of the molecule is CCc1cccc2cc(O)cc(-c3c(F)c4c5c(nc(OC[C@@H]6C[C@@H](F)CNC[C@@H](COC)C6)nc5c3F)N3CC5CCC(N5)C3CO4)c12. The molecule has 260 valence electrons. The van der Waals surface area contributed by atoms with Crippen LogP contribution in [-0.4, -0.2) is 85.9 Å². The van der Waals surface area contributed by atoms with E-state index in [9.17, 15) is 9.50 Å². The highest BCUT2D eigenvalue weighted by Crippen LogP contribution is 2.48. The van der Waals surface area contributed by atoms with Crippen LogP contribution >= 0.6 is 0 Å². The molecular formula is C37H42F3N5O4. The van der Waals surface area contributed by atoms with E-state index in [1.165, 1.54) is 6.07 Å². The van der Waals surface area contributed by atoms with Crippen molar-refractivity contribution >= 4 is 27.5 Å². The molecule has 9 nitrogen and oxygen atoms in total. The fourth-order valence-electron chi connectivity index (χ4n) is 8.60. The summed E-state index contributed by atoms with van der Waals surface area (Å²) in [4.78, 5) is 11.5. The van der Waals surface area contributed by atoms with Gasteiger partial charge in [-0.3, -0.25) is 0 Å². The van der Waals surface area contributed by atoms with Crippen molar-refractivity contribution in [1.82, 2.24) is 20.6 Å².